The predicted octanol–water partition coefficient (Wildman–Crippen LogP) is 3.97. The molecule has 37 heavy (non-hydrogen) atoms. The van der Waals surface area contributed by atoms with E-state index >= 15 is 0 Å². The van der Waals surface area contributed by atoms with Gasteiger partial charge in [0.2, 0.25) is 5.95 Å². The van der Waals surface area contributed by atoms with E-state index in [2.05, 4.69) is 86.5 Å². The van der Waals surface area contributed by atoms with E-state index in [1.807, 2.05) is 6.07 Å². The molecule has 5 rings (SSSR count). The number of hydrogen-bond acceptors (Lipinski definition) is 7. The number of para-hydroxylation sites is 1. The molecule has 0 amide bonds. The molecule has 0 spiro atoms. The summed E-state index contributed by atoms with van der Waals surface area (Å²) < 4.78 is 2.30. The Hall–Kier alpha value is -3.20. The van der Waals surface area contributed by atoms with Crippen LogP contribution in [0.2, 0.25) is 0 Å². The van der Waals surface area contributed by atoms with E-state index in [-0.39, 0.29) is 18.6 Å². The molecule has 2 aromatic carbocycles. The molecule has 8 nitrogen and oxygen atoms in total. The van der Waals surface area contributed by atoms with Crippen LogP contribution in [0.3, 0.4) is 0 Å². The average molecular weight is 502 g/mol. The van der Waals surface area contributed by atoms with Gasteiger partial charge < -0.3 is 30.9 Å². The minimum absolute atomic E-state index is 0.114. The number of nitrogens with zero attached hydrogens (tertiary/aromatic N) is 4. The highest BCUT2D eigenvalue weighted by atomic mass is 16.3. The van der Waals surface area contributed by atoms with Gasteiger partial charge >= 0.3 is 0 Å². The van der Waals surface area contributed by atoms with Crippen molar-refractivity contribution in [3.63, 3.8) is 0 Å². The Morgan fingerprint density at radius 3 is 2.73 bits per heavy atom. The quantitative estimate of drug-likeness (QED) is 0.246. The maximum atomic E-state index is 9.61. The summed E-state index contributed by atoms with van der Waals surface area (Å²) in [5, 5.41) is 18.0. The third-order valence-corrected chi connectivity index (χ3v) is 7.40. The lowest BCUT2D eigenvalue weighted by molar-refractivity contribution is 0.276. The zero-order valence-corrected chi connectivity index (χ0v) is 22.0. The van der Waals surface area contributed by atoms with Crippen molar-refractivity contribution in [3.8, 4) is 0 Å². The van der Waals surface area contributed by atoms with Gasteiger partial charge in [0.1, 0.15) is 11.0 Å². The number of aliphatic hydroxyl groups excluding tert-OH is 1. The summed E-state index contributed by atoms with van der Waals surface area (Å²) in [5.74, 6) is 0.983. The largest absolute Gasteiger partial charge is 0.396 e. The fourth-order valence-electron chi connectivity index (χ4n) is 5.58. The summed E-state index contributed by atoms with van der Waals surface area (Å²) in [5.41, 5.74) is 11.6. The van der Waals surface area contributed by atoms with E-state index in [9.17, 15) is 5.11 Å². The van der Waals surface area contributed by atoms with Crippen molar-refractivity contribution >= 4 is 33.7 Å². The van der Waals surface area contributed by atoms with Crippen molar-refractivity contribution in [1.29, 1.82) is 0 Å². The Bertz CT molecular complexity index is 1350. The predicted molar refractivity (Wildman–Crippen MR) is 152 cm³/mol. The number of aromatic nitrogens is 3. The van der Waals surface area contributed by atoms with Crippen LogP contribution < -0.4 is 16.4 Å². The summed E-state index contributed by atoms with van der Waals surface area (Å²) in [7, 11) is 2.18. The monoisotopic (exact) mass is 501 g/mol. The van der Waals surface area contributed by atoms with Crippen molar-refractivity contribution in [2.45, 2.75) is 57.8 Å². The average Bonchev–Trinajstić information content (AvgIpc) is 3.44. The summed E-state index contributed by atoms with van der Waals surface area (Å²) in [4.78, 5) is 11.7. The van der Waals surface area contributed by atoms with Crippen molar-refractivity contribution in [1.82, 2.24) is 24.8 Å². The summed E-state index contributed by atoms with van der Waals surface area (Å²) in [6.07, 6.45) is 3.82. The second-order valence-corrected chi connectivity index (χ2v) is 10.3. The molecule has 0 saturated carbocycles. The molecule has 196 valence electrons. The number of aliphatic hydroxyl groups is 1. The molecule has 1 saturated heterocycles. The van der Waals surface area contributed by atoms with Crippen LogP contribution in [0.15, 0.2) is 48.5 Å². The van der Waals surface area contributed by atoms with Crippen LogP contribution in [0, 0.1) is 0 Å². The Kier molecular flexibility index (Phi) is 7.88. The highest BCUT2D eigenvalue weighted by Crippen LogP contribution is 2.33. The summed E-state index contributed by atoms with van der Waals surface area (Å²) >= 11 is 0. The lowest BCUT2D eigenvalue weighted by Crippen LogP contribution is -2.30. The zero-order chi connectivity index (χ0) is 25.8. The van der Waals surface area contributed by atoms with Crippen LogP contribution in [0.5, 0.6) is 0 Å². The number of rotatable bonds is 11. The first-order chi connectivity index (χ1) is 18.1. The molecule has 2 atom stereocenters. The van der Waals surface area contributed by atoms with E-state index in [1.54, 1.807) is 0 Å². The number of nitrogen functional groups attached to an aromatic ring is 1. The van der Waals surface area contributed by atoms with E-state index in [1.165, 1.54) is 17.5 Å². The number of benzene rings is 2. The van der Waals surface area contributed by atoms with Crippen LogP contribution in [-0.4, -0.2) is 63.4 Å². The first-order valence-corrected chi connectivity index (χ1v) is 13.5. The van der Waals surface area contributed by atoms with Crippen LogP contribution in [0.4, 0.5) is 11.8 Å². The number of likely N-dealkylation sites (tertiary alicyclic amines) is 1. The standard InChI is InChI=1S/C29H39N7O/c1-3-7-22(13-15-37)32-28-27-26(33-29(30)34-28)24-10-4-5-11-25(24)36(27)18-21-9-6-8-20(16-21)17-31-23-12-14-35(2)19-23/h4-6,8-11,16,22-23,31,37H,3,7,12-15,17-19H2,1-2H3,(H3,30,32,33,34)/t22-,23-/m0/s1. The van der Waals surface area contributed by atoms with Crippen LogP contribution in [0.1, 0.15) is 43.7 Å². The summed E-state index contributed by atoms with van der Waals surface area (Å²) in [6, 6.07) is 17.8. The Morgan fingerprint density at radius 1 is 1.11 bits per heavy atom. The molecule has 0 radical (unpaired) electrons. The van der Waals surface area contributed by atoms with Gasteiger partial charge in [-0.1, -0.05) is 55.8 Å². The molecule has 4 aromatic rings. The van der Waals surface area contributed by atoms with Crippen molar-refractivity contribution in [3.05, 3.63) is 59.7 Å². The highest BCUT2D eigenvalue weighted by molar-refractivity contribution is 6.09. The lowest BCUT2D eigenvalue weighted by atomic mass is 10.1. The number of hydrogen-bond donors (Lipinski definition) is 4. The molecule has 1 fully saturated rings. The molecule has 0 aliphatic carbocycles. The molecule has 1 aliphatic heterocycles. The molecule has 0 unspecified atom stereocenters. The van der Waals surface area contributed by atoms with Crippen LogP contribution in [-0.2, 0) is 13.1 Å². The van der Waals surface area contributed by atoms with Gasteiger partial charge in [0, 0.05) is 43.7 Å². The van der Waals surface area contributed by atoms with Crippen LogP contribution in [0.25, 0.3) is 21.9 Å². The number of likely N-dealkylation sites (N-methyl/N-ethyl adjacent to an activating group) is 1. The van der Waals surface area contributed by atoms with E-state index < -0.39 is 0 Å². The van der Waals surface area contributed by atoms with Crippen molar-refractivity contribution in [2.75, 3.05) is 37.8 Å². The number of nitrogens with two attached hydrogens (primary N) is 1. The third-order valence-electron chi connectivity index (χ3n) is 7.40. The first kappa shape index (κ1) is 25.4. The second kappa shape index (κ2) is 11.5. The smallest absolute Gasteiger partial charge is 0.222 e. The van der Waals surface area contributed by atoms with Crippen molar-refractivity contribution in [2.24, 2.45) is 0 Å². The van der Waals surface area contributed by atoms with Gasteiger partial charge in [-0.2, -0.15) is 4.98 Å². The topological polar surface area (TPSA) is 104 Å². The van der Waals surface area contributed by atoms with Gasteiger partial charge in [-0.15, -0.1) is 0 Å². The molecule has 0 bridgehead atoms. The molecule has 8 heteroatoms. The van der Waals surface area contributed by atoms with Gasteiger partial charge in [-0.05, 0) is 50.0 Å². The second-order valence-electron chi connectivity index (χ2n) is 10.3. The van der Waals surface area contributed by atoms with Gasteiger partial charge in [0.15, 0.2) is 5.82 Å². The van der Waals surface area contributed by atoms with Crippen LogP contribution >= 0.6 is 0 Å². The van der Waals surface area contributed by atoms with E-state index in [0.717, 1.165) is 60.2 Å². The fraction of sp³-hybridized carbons (Fsp3) is 0.448. The molecular weight excluding hydrogens is 462 g/mol. The number of anilines is 2. The maximum absolute atomic E-state index is 9.61. The zero-order valence-electron chi connectivity index (χ0n) is 22.0. The Balaban J connectivity index is 1.50. The minimum atomic E-state index is 0.114. The first-order valence-electron chi connectivity index (χ1n) is 13.5. The van der Waals surface area contributed by atoms with Gasteiger partial charge in [-0.25, -0.2) is 4.98 Å². The Labute approximate surface area is 218 Å². The molecular formula is C29H39N7O. The molecule has 3 heterocycles. The van der Waals surface area contributed by atoms with E-state index in [0.29, 0.717) is 19.0 Å². The van der Waals surface area contributed by atoms with Gasteiger partial charge in [-0.3, -0.25) is 0 Å². The summed E-state index contributed by atoms with van der Waals surface area (Å²) in [6.45, 7) is 6.11. The van der Waals surface area contributed by atoms with Gasteiger partial charge in [0.05, 0.1) is 5.52 Å². The highest BCUT2D eigenvalue weighted by Gasteiger charge is 2.21. The minimum Gasteiger partial charge on any atom is -0.396 e. The SMILES string of the molecule is CCC[C@@H](CCO)Nc1nc(N)nc2c3ccccc3n(Cc3cccc(CN[C@H]4CCN(C)C4)c3)c12. The number of nitrogens with one attached hydrogen (secondary N) is 2. The third kappa shape index (κ3) is 5.71. The van der Waals surface area contributed by atoms with E-state index in [4.69, 9.17) is 5.73 Å². The number of fused-ring (bicyclic) bond motifs is 3. The maximum Gasteiger partial charge on any atom is 0.222 e. The Morgan fingerprint density at radius 2 is 1.95 bits per heavy atom. The lowest BCUT2D eigenvalue weighted by Gasteiger charge is -2.19. The normalized spacial score (nSPS) is 17.1. The molecule has 5 N–H and O–H groups in total. The molecule has 2 aromatic heterocycles. The van der Waals surface area contributed by atoms with Crippen molar-refractivity contribution < 1.29 is 5.11 Å². The van der Waals surface area contributed by atoms with Gasteiger partial charge in [0.25, 0.3) is 0 Å². The fourth-order valence-corrected chi connectivity index (χ4v) is 5.58. The molecule has 1 aliphatic rings.